The third-order valence-corrected chi connectivity index (χ3v) is 3.48. The van der Waals surface area contributed by atoms with Crippen molar-refractivity contribution in [2.45, 2.75) is 33.1 Å². The highest BCUT2D eigenvalue weighted by atomic mass is 35.5. The summed E-state index contributed by atoms with van der Waals surface area (Å²) in [6, 6.07) is 0. The van der Waals surface area contributed by atoms with Crippen molar-refractivity contribution in [1.82, 2.24) is 0 Å². The van der Waals surface area contributed by atoms with Gasteiger partial charge in [-0.2, -0.15) is 11.8 Å². The fourth-order valence-corrected chi connectivity index (χ4v) is 2.54. The smallest absolute Gasteiger partial charge is 0.0231 e. The lowest BCUT2D eigenvalue weighted by Gasteiger charge is -2.10. The molecule has 0 nitrogen and oxygen atoms in total. The SMILES string of the molecule is CCC(CC)CSCCCCl. The predicted octanol–water partition coefficient (Wildman–Crippen LogP) is 3.78. The van der Waals surface area contributed by atoms with Crippen LogP contribution in [-0.4, -0.2) is 17.4 Å². The average molecular weight is 195 g/mol. The maximum absolute atomic E-state index is 5.57. The first kappa shape index (κ1) is 11.6. The van der Waals surface area contributed by atoms with Gasteiger partial charge in [-0.25, -0.2) is 0 Å². The summed E-state index contributed by atoms with van der Waals surface area (Å²) >= 11 is 7.62. The molecule has 0 fully saturated rings. The van der Waals surface area contributed by atoms with Crippen LogP contribution in [0.1, 0.15) is 33.1 Å². The second kappa shape index (κ2) is 8.73. The molecular weight excluding hydrogens is 176 g/mol. The molecule has 0 saturated carbocycles. The second-order valence-electron chi connectivity index (χ2n) is 2.80. The minimum Gasteiger partial charge on any atom is -0.162 e. The van der Waals surface area contributed by atoms with Gasteiger partial charge in [0.05, 0.1) is 0 Å². The minimum absolute atomic E-state index is 0.815. The van der Waals surface area contributed by atoms with Gasteiger partial charge in [0.1, 0.15) is 0 Å². The number of thioether (sulfide) groups is 1. The Kier molecular flexibility index (Phi) is 9.24. The second-order valence-corrected chi connectivity index (χ2v) is 4.33. The fraction of sp³-hybridized carbons (Fsp3) is 1.00. The molecular formula is C9H19ClS. The van der Waals surface area contributed by atoms with E-state index in [4.69, 9.17) is 11.6 Å². The molecule has 0 N–H and O–H groups in total. The Balaban J connectivity index is 3.07. The normalized spacial score (nSPS) is 10.9. The monoisotopic (exact) mass is 194 g/mol. The molecule has 0 rings (SSSR count). The lowest BCUT2D eigenvalue weighted by atomic mass is 10.1. The highest BCUT2D eigenvalue weighted by Gasteiger charge is 2.01. The molecule has 0 unspecified atom stereocenters. The topological polar surface area (TPSA) is 0 Å². The van der Waals surface area contributed by atoms with E-state index in [0.29, 0.717) is 0 Å². The summed E-state index contributed by atoms with van der Waals surface area (Å²) in [6.07, 6.45) is 3.81. The van der Waals surface area contributed by atoms with E-state index in [9.17, 15) is 0 Å². The first-order valence-corrected chi connectivity index (χ1v) is 6.17. The average Bonchev–Trinajstić information content (AvgIpc) is 2.05. The van der Waals surface area contributed by atoms with Gasteiger partial charge in [-0.05, 0) is 23.8 Å². The lowest BCUT2D eigenvalue weighted by Crippen LogP contribution is -2.00. The Labute approximate surface area is 80.1 Å². The third-order valence-electron chi connectivity index (χ3n) is 1.93. The summed E-state index contributed by atoms with van der Waals surface area (Å²) in [5.41, 5.74) is 0. The van der Waals surface area contributed by atoms with Gasteiger partial charge >= 0.3 is 0 Å². The van der Waals surface area contributed by atoms with Crippen LogP contribution in [0.3, 0.4) is 0 Å². The van der Waals surface area contributed by atoms with Crippen molar-refractivity contribution in [1.29, 1.82) is 0 Å². The number of hydrogen-bond acceptors (Lipinski definition) is 1. The zero-order chi connectivity index (χ0) is 8.53. The fourth-order valence-electron chi connectivity index (χ4n) is 0.931. The minimum atomic E-state index is 0.815. The van der Waals surface area contributed by atoms with E-state index in [1.54, 1.807) is 0 Å². The van der Waals surface area contributed by atoms with E-state index in [0.717, 1.165) is 18.2 Å². The van der Waals surface area contributed by atoms with E-state index in [2.05, 4.69) is 25.6 Å². The van der Waals surface area contributed by atoms with Gasteiger partial charge in [0.25, 0.3) is 0 Å². The van der Waals surface area contributed by atoms with Crippen LogP contribution in [0.2, 0.25) is 0 Å². The Bertz CT molecular complexity index is 72.0. The zero-order valence-electron chi connectivity index (χ0n) is 7.61. The Hall–Kier alpha value is 0.640. The highest BCUT2D eigenvalue weighted by Crippen LogP contribution is 2.15. The molecule has 0 bridgehead atoms. The van der Waals surface area contributed by atoms with Crippen molar-refractivity contribution in [3.05, 3.63) is 0 Å². The van der Waals surface area contributed by atoms with E-state index in [1.165, 1.54) is 24.3 Å². The van der Waals surface area contributed by atoms with Gasteiger partial charge in [0.15, 0.2) is 0 Å². The van der Waals surface area contributed by atoms with Crippen LogP contribution in [0.4, 0.5) is 0 Å². The van der Waals surface area contributed by atoms with Gasteiger partial charge in [-0.3, -0.25) is 0 Å². The van der Waals surface area contributed by atoms with Crippen molar-refractivity contribution in [2.24, 2.45) is 5.92 Å². The van der Waals surface area contributed by atoms with Gasteiger partial charge in [0, 0.05) is 5.88 Å². The summed E-state index contributed by atoms with van der Waals surface area (Å²) < 4.78 is 0. The quantitative estimate of drug-likeness (QED) is 0.439. The summed E-state index contributed by atoms with van der Waals surface area (Å²) in [6.45, 7) is 4.55. The molecule has 0 aliphatic rings. The van der Waals surface area contributed by atoms with Crippen molar-refractivity contribution in [2.75, 3.05) is 17.4 Å². The largest absolute Gasteiger partial charge is 0.162 e. The van der Waals surface area contributed by atoms with Crippen LogP contribution < -0.4 is 0 Å². The maximum atomic E-state index is 5.57. The molecule has 0 aliphatic heterocycles. The molecule has 0 radical (unpaired) electrons. The van der Waals surface area contributed by atoms with Gasteiger partial charge in [-0.15, -0.1) is 11.6 Å². The Morgan fingerprint density at radius 3 is 2.36 bits per heavy atom. The van der Waals surface area contributed by atoms with Gasteiger partial charge in [-0.1, -0.05) is 26.7 Å². The molecule has 11 heavy (non-hydrogen) atoms. The molecule has 2 heteroatoms. The molecule has 0 heterocycles. The van der Waals surface area contributed by atoms with Gasteiger partial charge in [0.2, 0.25) is 0 Å². The number of halogens is 1. The molecule has 0 aromatic rings. The molecule has 0 saturated heterocycles. The highest BCUT2D eigenvalue weighted by molar-refractivity contribution is 7.99. The molecule has 0 amide bonds. The van der Waals surface area contributed by atoms with Crippen LogP contribution in [0.15, 0.2) is 0 Å². The molecule has 68 valence electrons. The standard InChI is InChI=1S/C9H19ClS/c1-3-9(4-2)8-11-7-5-6-10/h9H,3-8H2,1-2H3. The first-order valence-electron chi connectivity index (χ1n) is 4.48. The Morgan fingerprint density at radius 2 is 1.91 bits per heavy atom. The van der Waals surface area contributed by atoms with E-state index in [-0.39, 0.29) is 0 Å². The lowest BCUT2D eigenvalue weighted by molar-refractivity contribution is 0.554. The number of alkyl halides is 1. The summed E-state index contributed by atoms with van der Waals surface area (Å²) in [5, 5.41) is 0. The van der Waals surface area contributed by atoms with Crippen molar-refractivity contribution >= 4 is 23.4 Å². The molecule has 0 atom stereocenters. The van der Waals surface area contributed by atoms with E-state index >= 15 is 0 Å². The van der Waals surface area contributed by atoms with Crippen molar-refractivity contribution < 1.29 is 0 Å². The molecule has 0 aliphatic carbocycles. The third kappa shape index (κ3) is 7.02. The first-order chi connectivity index (χ1) is 5.35. The Morgan fingerprint density at radius 1 is 1.27 bits per heavy atom. The maximum Gasteiger partial charge on any atom is 0.0231 e. The van der Waals surface area contributed by atoms with Crippen LogP contribution in [-0.2, 0) is 0 Å². The van der Waals surface area contributed by atoms with Crippen LogP contribution >= 0.6 is 23.4 Å². The number of rotatable bonds is 7. The van der Waals surface area contributed by atoms with Crippen molar-refractivity contribution in [3.63, 3.8) is 0 Å². The summed E-state index contributed by atoms with van der Waals surface area (Å²) in [4.78, 5) is 0. The van der Waals surface area contributed by atoms with E-state index in [1.807, 2.05) is 0 Å². The summed E-state index contributed by atoms with van der Waals surface area (Å²) in [7, 11) is 0. The van der Waals surface area contributed by atoms with Gasteiger partial charge < -0.3 is 0 Å². The van der Waals surface area contributed by atoms with Crippen LogP contribution in [0, 0.1) is 5.92 Å². The molecule has 0 aromatic carbocycles. The zero-order valence-corrected chi connectivity index (χ0v) is 9.18. The molecule has 0 spiro atoms. The summed E-state index contributed by atoms with van der Waals surface area (Å²) in [5.74, 6) is 4.30. The predicted molar refractivity (Wildman–Crippen MR) is 56.7 cm³/mol. The van der Waals surface area contributed by atoms with E-state index < -0.39 is 0 Å². The van der Waals surface area contributed by atoms with Crippen LogP contribution in [0.5, 0.6) is 0 Å². The number of hydrogen-bond donors (Lipinski definition) is 0. The van der Waals surface area contributed by atoms with Crippen LogP contribution in [0.25, 0.3) is 0 Å². The van der Waals surface area contributed by atoms with Crippen molar-refractivity contribution in [3.8, 4) is 0 Å². The molecule has 0 aromatic heterocycles.